The number of nitrogens with one attached hydrogen (secondary N) is 1. The maximum Gasteiger partial charge on any atom is 0.0723 e. The van der Waals surface area contributed by atoms with Crippen molar-refractivity contribution in [1.82, 2.24) is 4.98 Å². The second-order valence-corrected chi connectivity index (χ2v) is 8.19. The monoisotopic (exact) mass is 425 g/mol. The fourth-order valence-electron chi connectivity index (χ4n) is 3.99. The van der Waals surface area contributed by atoms with Crippen LogP contribution in [0.4, 0.5) is 11.4 Å². The molecule has 3 heteroatoms. The first-order chi connectivity index (χ1) is 16.2. The molecule has 4 aromatic carbocycles. The van der Waals surface area contributed by atoms with E-state index in [4.69, 9.17) is 5.26 Å². The molecule has 0 radical (unpaired) electrons. The van der Waals surface area contributed by atoms with Crippen LogP contribution in [0.3, 0.4) is 0 Å². The first kappa shape index (κ1) is 20.5. The number of aromatic nitrogens is 1. The number of benzene rings is 4. The number of hydrogen-bond acceptors (Lipinski definition) is 3. The Kier molecular flexibility index (Phi) is 5.57. The first-order valence-corrected chi connectivity index (χ1v) is 11.0. The SMILES string of the molecule is Cc1ccc(-c2ccc(-c3ccc4nccc(Nc5ccc(CC#N)cc5)c4c3)cc2)cc1. The second kappa shape index (κ2) is 8.98. The molecule has 0 aliphatic heterocycles. The molecule has 1 aromatic heterocycles. The van der Waals surface area contributed by atoms with Crippen LogP contribution < -0.4 is 5.32 Å². The minimum absolute atomic E-state index is 0.421. The molecule has 5 aromatic rings. The van der Waals surface area contributed by atoms with Crippen molar-refractivity contribution in [2.24, 2.45) is 0 Å². The van der Waals surface area contributed by atoms with E-state index in [1.165, 1.54) is 22.3 Å². The lowest BCUT2D eigenvalue weighted by molar-refractivity contribution is 1.26. The van der Waals surface area contributed by atoms with Crippen LogP contribution in [0.15, 0.2) is 103 Å². The Morgan fingerprint density at radius 3 is 2.00 bits per heavy atom. The molecule has 0 saturated carbocycles. The maximum atomic E-state index is 8.87. The topological polar surface area (TPSA) is 48.7 Å². The molecular formula is C30H23N3. The van der Waals surface area contributed by atoms with Crippen molar-refractivity contribution in [1.29, 1.82) is 5.26 Å². The van der Waals surface area contributed by atoms with Gasteiger partial charge in [0, 0.05) is 23.0 Å². The summed E-state index contributed by atoms with van der Waals surface area (Å²) in [6.07, 6.45) is 2.25. The normalized spacial score (nSPS) is 10.7. The summed E-state index contributed by atoms with van der Waals surface area (Å²) in [5, 5.41) is 13.4. The number of hydrogen-bond donors (Lipinski definition) is 1. The molecule has 0 fully saturated rings. The fourth-order valence-corrected chi connectivity index (χ4v) is 3.99. The standard InChI is InChI=1S/C30H23N3/c1-21-2-6-23(7-3-21)24-8-10-25(11-9-24)26-12-15-29-28(20-26)30(17-19-32-29)33-27-13-4-22(5-14-27)16-18-31/h2-15,17,19-20H,16H2,1H3,(H,32,33). The molecule has 33 heavy (non-hydrogen) atoms. The molecule has 1 heterocycles. The number of nitriles is 1. The van der Waals surface area contributed by atoms with Crippen molar-refractivity contribution < 1.29 is 0 Å². The zero-order valence-corrected chi connectivity index (χ0v) is 18.4. The van der Waals surface area contributed by atoms with E-state index >= 15 is 0 Å². The molecule has 5 rings (SSSR count). The number of aryl methyl sites for hydroxylation is 1. The van der Waals surface area contributed by atoms with Gasteiger partial charge in [0.25, 0.3) is 0 Å². The lowest BCUT2D eigenvalue weighted by atomic mass is 9.98. The van der Waals surface area contributed by atoms with Gasteiger partial charge in [-0.25, -0.2) is 0 Å². The highest BCUT2D eigenvalue weighted by Crippen LogP contribution is 2.31. The van der Waals surface area contributed by atoms with Crippen molar-refractivity contribution in [3.63, 3.8) is 0 Å². The van der Waals surface area contributed by atoms with Crippen LogP contribution in [0.1, 0.15) is 11.1 Å². The minimum Gasteiger partial charge on any atom is -0.355 e. The van der Waals surface area contributed by atoms with Crippen molar-refractivity contribution in [2.45, 2.75) is 13.3 Å². The van der Waals surface area contributed by atoms with Crippen LogP contribution in [-0.4, -0.2) is 4.98 Å². The van der Waals surface area contributed by atoms with E-state index in [1.807, 2.05) is 36.5 Å². The van der Waals surface area contributed by atoms with E-state index in [1.54, 1.807) is 0 Å². The number of anilines is 2. The second-order valence-electron chi connectivity index (χ2n) is 8.19. The average Bonchev–Trinajstić information content (AvgIpc) is 2.86. The van der Waals surface area contributed by atoms with Gasteiger partial charge >= 0.3 is 0 Å². The van der Waals surface area contributed by atoms with Crippen molar-refractivity contribution >= 4 is 22.3 Å². The van der Waals surface area contributed by atoms with Gasteiger partial charge in [0.15, 0.2) is 0 Å². The number of pyridine rings is 1. The van der Waals surface area contributed by atoms with Gasteiger partial charge in [-0.2, -0.15) is 5.26 Å². The Morgan fingerprint density at radius 1 is 0.727 bits per heavy atom. The molecule has 0 atom stereocenters. The van der Waals surface area contributed by atoms with Crippen molar-refractivity contribution in [3.05, 3.63) is 114 Å². The van der Waals surface area contributed by atoms with Crippen LogP contribution in [0, 0.1) is 18.3 Å². The molecule has 0 aliphatic rings. The van der Waals surface area contributed by atoms with Gasteiger partial charge in [-0.05, 0) is 65.1 Å². The zero-order valence-electron chi connectivity index (χ0n) is 18.4. The molecule has 0 unspecified atom stereocenters. The first-order valence-electron chi connectivity index (χ1n) is 11.0. The average molecular weight is 426 g/mol. The van der Waals surface area contributed by atoms with Crippen LogP contribution in [0.5, 0.6) is 0 Å². The quantitative estimate of drug-likeness (QED) is 0.314. The third-order valence-corrected chi connectivity index (χ3v) is 5.86. The number of nitrogens with zero attached hydrogens (tertiary/aromatic N) is 2. The summed E-state index contributed by atoms with van der Waals surface area (Å²) in [6, 6.07) is 35.9. The van der Waals surface area contributed by atoms with Crippen LogP contribution in [-0.2, 0) is 6.42 Å². The Morgan fingerprint density at radius 2 is 1.33 bits per heavy atom. The summed E-state index contributed by atoms with van der Waals surface area (Å²) in [4.78, 5) is 4.54. The van der Waals surface area contributed by atoms with Crippen LogP contribution in [0.2, 0.25) is 0 Å². The van der Waals surface area contributed by atoms with Crippen LogP contribution in [0.25, 0.3) is 33.2 Å². The lowest BCUT2D eigenvalue weighted by Gasteiger charge is -2.12. The summed E-state index contributed by atoms with van der Waals surface area (Å²) < 4.78 is 0. The van der Waals surface area contributed by atoms with Gasteiger partial charge in [-0.1, -0.05) is 72.3 Å². The van der Waals surface area contributed by atoms with Gasteiger partial charge in [-0.15, -0.1) is 0 Å². The highest BCUT2D eigenvalue weighted by molar-refractivity contribution is 5.95. The van der Waals surface area contributed by atoms with E-state index in [9.17, 15) is 0 Å². The zero-order chi connectivity index (χ0) is 22.6. The van der Waals surface area contributed by atoms with E-state index in [-0.39, 0.29) is 0 Å². The van der Waals surface area contributed by atoms with Crippen LogP contribution >= 0.6 is 0 Å². The third kappa shape index (κ3) is 4.46. The molecule has 0 bridgehead atoms. The van der Waals surface area contributed by atoms with E-state index in [0.29, 0.717) is 6.42 Å². The highest BCUT2D eigenvalue weighted by Gasteiger charge is 2.07. The summed E-state index contributed by atoms with van der Waals surface area (Å²) in [5.41, 5.74) is 9.97. The Labute approximate surface area is 194 Å². The minimum atomic E-state index is 0.421. The molecular weight excluding hydrogens is 402 g/mol. The summed E-state index contributed by atoms with van der Waals surface area (Å²) in [7, 11) is 0. The van der Waals surface area contributed by atoms with Gasteiger partial charge in [0.2, 0.25) is 0 Å². The van der Waals surface area contributed by atoms with Crippen molar-refractivity contribution in [2.75, 3.05) is 5.32 Å². The predicted molar refractivity (Wildman–Crippen MR) is 136 cm³/mol. The molecule has 158 valence electrons. The van der Waals surface area contributed by atoms with E-state index in [2.05, 4.69) is 90.0 Å². The van der Waals surface area contributed by atoms with Gasteiger partial charge in [-0.3, -0.25) is 4.98 Å². The summed E-state index contributed by atoms with van der Waals surface area (Å²) in [5.74, 6) is 0. The molecule has 0 spiro atoms. The van der Waals surface area contributed by atoms with Gasteiger partial charge in [0.05, 0.1) is 18.0 Å². The Balaban J connectivity index is 1.45. The smallest absolute Gasteiger partial charge is 0.0723 e. The molecule has 3 nitrogen and oxygen atoms in total. The Bertz CT molecular complexity index is 1440. The summed E-state index contributed by atoms with van der Waals surface area (Å²) >= 11 is 0. The molecule has 0 aliphatic carbocycles. The number of rotatable bonds is 5. The number of fused-ring (bicyclic) bond motifs is 1. The van der Waals surface area contributed by atoms with E-state index in [0.717, 1.165) is 33.4 Å². The van der Waals surface area contributed by atoms with Gasteiger partial charge in [0.1, 0.15) is 0 Å². The van der Waals surface area contributed by atoms with E-state index < -0.39 is 0 Å². The third-order valence-electron chi connectivity index (χ3n) is 5.86. The Hall–Kier alpha value is -4.42. The summed E-state index contributed by atoms with van der Waals surface area (Å²) in [6.45, 7) is 2.11. The lowest BCUT2D eigenvalue weighted by Crippen LogP contribution is -1.93. The fraction of sp³-hybridized carbons (Fsp3) is 0.0667. The highest BCUT2D eigenvalue weighted by atomic mass is 14.9. The van der Waals surface area contributed by atoms with Gasteiger partial charge < -0.3 is 5.32 Å². The van der Waals surface area contributed by atoms with Crippen molar-refractivity contribution in [3.8, 4) is 28.3 Å². The predicted octanol–water partition coefficient (Wildman–Crippen LogP) is 7.69. The molecule has 1 N–H and O–H groups in total. The molecule has 0 amide bonds. The maximum absolute atomic E-state index is 8.87. The largest absolute Gasteiger partial charge is 0.355 e. The molecule has 0 saturated heterocycles.